The number of nitrogens with one attached hydrogen (secondary N) is 1. The number of halogens is 1. The third kappa shape index (κ3) is 2.81. The topological polar surface area (TPSA) is 15.3 Å². The van der Waals surface area contributed by atoms with Gasteiger partial charge in [-0.1, -0.05) is 18.2 Å². The van der Waals surface area contributed by atoms with Crippen molar-refractivity contribution >= 4 is 11.6 Å². The van der Waals surface area contributed by atoms with Gasteiger partial charge in [-0.25, -0.2) is 0 Å². The molecule has 0 spiro atoms. The van der Waals surface area contributed by atoms with Gasteiger partial charge in [-0.05, 0) is 13.5 Å². The summed E-state index contributed by atoms with van der Waals surface area (Å²) in [6.45, 7) is 6.74. The number of nitrogens with zero attached hydrogens (tertiary/aromatic N) is 1. The molecule has 0 radical (unpaired) electrons. The summed E-state index contributed by atoms with van der Waals surface area (Å²) < 4.78 is 0. The molecule has 0 aromatic rings. The van der Waals surface area contributed by atoms with Crippen LogP contribution in [0.3, 0.4) is 0 Å². The molecule has 3 heteroatoms. The Bertz CT molecular complexity index is 147. The van der Waals surface area contributed by atoms with E-state index in [2.05, 4.69) is 16.8 Å². The summed E-state index contributed by atoms with van der Waals surface area (Å²) in [5.74, 6) is 0. The first kappa shape index (κ1) is 9.04. The smallest absolute Gasteiger partial charge is 0.0336 e. The summed E-state index contributed by atoms with van der Waals surface area (Å²) in [5, 5.41) is 3.99. The lowest BCUT2D eigenvalue weighted by Crippen LogP contribution is -2.30. The van der Waals surface area contributed by atoms with Crippen LogP contribution >= 0.6 is 11.6 Å². The Morgan fingerprint density at radius 2 is 2.55 bits per heavy atom. The predicted octanol–water partition coefficient (Wildman–Crippen LogP) is 1.03. The van der Waals surface area contributed by atoms with Gasteiger partial charge in [0.15, 0.2) is 0 Å². The average molecular weight is 175 g/mol. The summed E-state index contributed by atoms with van der Waals surface area (Å²) in [4.78, 5) is 2.32. The Morgan fingerprint density at radius 3 is 3.00 bits per heavy atom. The number of hydrogen-bond donors (Lipinski definition) is 1. The van der Waals surface area contributed by atoms with E-state index in [9.17, 15) is 0 Å². The van der Waals surface area contributed by atoms with E-state index in [0.717, 1.165) is 24.7 Å². The highest BCUT2D eigenvalue weighted by molar-refractivity contribution is 6.29. The summed E-state index contributed by atoms with van der Waals surface area (Å²) in [6, 6.07) is 0.644. The first-order valence-electron chi connectivity index (χ1n) is 3.95. The van der Waals surface area contributed by atoms with Gasteiger partial charge in [0.1, 0.15) is 0 Å². The first-order chi connectivity index (χ1) is 5.22. The van der Waals surface area contributed by atoms with E-state index in [1.54, 1.807) is 0 Å². The zero-order valence-electron chi connectivity index (χ0n) is 6.94. The van der Waals surface area contributed by atoms with Crippen LogP contribution in [0, 0.1) is 0 Å². The molecule has 1 aliphatic rings. The van der Waals surface area contributed by atoms with Crippen molar-refractivity contribution in [3.63, 3.8) is 0 Å². The van der Waals surface area contributed by atoms with Crippen molar-refractivity contribution in [1.82, 2.24) is 10.2 Å². The van der Waals surface area contributed by atoms with Crippen LogP contribution in [0.25, 0.3) is 0 Å². The summed E-state index contributed by atoms with van der Waals surface area (Å²) in [7, 11) is 2.00. The third-order valence-corrected chi connectivity index (χ3v) is 2.20. The Labute approximate surface area is 73.2 Å². The molecule has 11 heavy (non-hydrogen) atoms. The Kier molecular flexibility index (Phi) is 3.37. The third-order valence-electron chi connectivity index (χ3n) is 2.08. The monoisotopic (exact) mass is 174 g/mol. The van der Waals surface area contributed by atoms with Gasteiger partial charge in [0, 0.05) is 30.7 Å². The predicted molar refractivity (Wildman–Crippen MR) is 48.9 cm³/mol. The molecule has 1 saturated heterocycles. The van der Waals surface area contributed by atoms with E-state index in [1.165, 1.54) is 6.42 Å². The SMILES string of the molecule is C=C(Cl)CN1CCC(NC)C1. The van der Waals surface area contributed by atoms with E-state index in [4.69, 9.17) is 11.6 Å². The maximum absolute atomic E-state index is 5.69. The molecule has 0 bridgehead atoms. The van der Waals surface area contributed by atoms with Crippen molar-refractivity contribution in [3.05, 3.63) is 11.6 Å². The molecule has 1 heterocycles. The maximum Gasteiger partial charge on any atom is 0.0336 e. The van der Waals surface area contributed by atoms with Gasteiger partial charge in [-0.15, -0.1) is 0 Å². The molecule has 0 saturated carbocycles. The largest absolute Gasteiger partial charge is 0.316 e. The molecule has 1 unspecified atom stereocenters. The molecule has 1 rings (SSSR count). The number of likely N-dealkylation sites (tertiary alicyclic amines) is 1. The second-order valence-corrected chi connectivity index (χ2v) is 3.56. The molecule has 1 N–H and O–H groups in total. The standard InChI is InChI=1S/C8H15ClN2/c1-7(9)5-11-4-3-8(6-11)10-2/h8,10H,1,3-6H2,2H3. The van der Waals surface area contributed by atoms with Gasteiger partial charge >= 0.3 is 0 Å². The van der Waals surface area contributed by atoms with Crippen molar-refractivity contribution < 1.29 is 0 Å². The maximum atomic E-state index is 5.69. The van der Waals surface area contributed by atoms with Crippen molar-refractivity contribution in [2.45, 2.75) is 12.5 Å². The first-order valence-corrected chi connectivity index (χ1v) is 4.33. The van der Waals surface area contributed by atoms with Gasteiger partial charge in [0.25, 0.3) is 0 Å². The normalized spacial score (nSPS) is 25.8. The fraction of sp³-hybridized carbons (Fsp3) is 0.750. The molecule has 1 aliphatic heterocycles. The second-order valence-electron chi connectivity index (χ2n) is 3.03. The van der Waals surface area contributed by atoms with Crippen LogP contribution in [0.4, 0.5) is 0 Å². The quantitative estimate of drug-likeness (QED) is 0.688. The molecule has 0 aromatic heterocycles. The summed E-state index contributed by atoms with van der Waals surface area (Å²) in [5.41, 5.74) is 0. The molecule has 1 fully saturated rings. The van der Waals surface area contributed by atoms with Crippen molar-refractivity contribution in [3.8, 4) is 0 Å². The molecule has 1 atom stereocenters. The molecular formula is C8H15ClN2. The van der Waals surface area contributed by atoms with Crippen LogP contribution in [0.2, 0.25) is 0 Å². The zero-order chi connectivity index (χ0) is 8.27. The zero-order valence-corrected chi connectivity index (χ0v) is 7.69. The summed E-state index contributed by atoms with van der Waals surface area (Å²) >= 11 is 5.69. The molecule has 0 aliphatic carbocycles. The van der Waals surface area contributed by atoms with Gasteiger partial charge in [-0.2, -0.15) is 0 Å². The lowest BCUT2D eigenvalue weighted by atomic mass is 10.3. The average Bonchev–Trinajstić information content (AvgIpc) is 2.34. The van der Waals surface area contributed by atoms with Gasteiger partial charge in [0.05, 0.1) is 0 Å². The number of rotatable bonds is 3. The van der Waals surface area contributed by atoms with E-state index < -0.39 is 0 Å². The molecule has 64 valence electrons. The minimum Gasteiger partial charge on any atom is -0.316 e. The van der Waals surface area contributed by atoms with Crippen LogP contribution in [-0.2, 0) is 0 Å². The molecule has 0 aromatic carbocycles. The van der Waals surface area contributed by atoms with Gasteiger partial charge in [-0.3, -0.25) is 4.90 Å². The van der Waals surface area contributed by atoms with Crippen LogP contribution in [0.1, 0.15) is 6.42 Å². The molecule has 2 nitrogen and oxygen atoms in total. The minimum absolute atomic E-state index is 0.644. The Balaban J connectivity index is 2.24. The minimum atomic E-state index is 0.644. The molecular weight excluding hydrogens is 160 g/mol. The Morgan fingerprint density at radius 1 is 1.82 bits per heavy atom. The molecule has 0 amide bonds. The fourth-order valence-corrected chi connectivity index (χ4v) is 1.62. The number of likely N-dealkylation sites (N-methyl/N-ethyl adjacent to an activating group) is 1. The summed E-state index contributed by atoms with van der Waals surface area (Å²) in [6.07, 6.45) is 1.22. The fourth-order valence-electron chi connectivity index (χ4n) is 1.45. The highest BCUT2D eigenvalue weighted by Gasteiger charge is 2.20. The Hall–Kier alpha value is -0.0500. The van der Waals surface area contributed by atoms with Crippen LogP contribution in [0.15, 0.2) is 11.6 Å². The van der Waals surface area contributed by atoms with E-state index in [-0.39, 0.29) is 0 Å². The van der Waals surface area contributed by atoms with E-state index >= 15 is 0 Å². The number of hydrogen-bond acceptors (Lipinski definition) is 2. The highest BCUT2D eigenvalue weighted by Crippen LogP contribution is 2.11. The van der Waals surface area contributed by atoms with Crippen LogP contribution in [0.5, 0.6) is 0 Å². The van der Waals surface area contributed by atoms with Crippen molar-refractivity contribution in [2.24, 2.45) is 0 Å². The van der Waals surface area contributed by atoms with Gasteiger partial charge < -0.3 is 5.32 Å². The van der Waals surface area contributed by atoms with Gasteiger partial charge in [0.2, 0.25) is 0 Å². The van der Waals surface area contributed by atoms with Crippen LogP contribution in [-0.4, -0.2) is 37.6 Å². The van der Waals surface area contributed by atoms with Crippen LogP contribution < -0.4 is 5.32 Å². The second kappa shape index (κ2) is 4.10. The van der Waals surface area contributed by atoms with E-state index in [0.29, 0.717) is 6.04 Å². The highest BCUT2D eigenvalue weighted by atomic mass is 35.5. The lowest BCUT2D eigenvalue weighted by Gasteiger charge is -2.14. The van der Waals surface area contributed by atoms with Crippen molar-refractivity contribution in [2.75, 3.05) is 26.7 Å². The lowest BCUT2D eigenvalue weighted by molar-refractivity contribution is 0.363. The van der Waals surface area contributed by atoms with E-state index in [1.807, 2.05) is 7.05 Å². The van der Waals surface area contributed by atoms with Crippen molar-refractivity contribution in [1.29, 1.82) is 0 Å².